The first kappa shape index (κ1) is 22.4. The molecule has 31 heavy (non-hydrogen) atoms. The van der Waals surface area contributed by atoms with E-state index in [2.05, 4.69) is 25.7 Å². The Hall–Kier alpha value is -0.420. The van der Waals surface area contributed by atoms with Crippen LogP contribution in [0.2, 0.25) is 0 Å². The predicted molar refractivity (Wildman–Crippen MR) is 124 cm³/mol. The first-order valence-corrected chi connectivity index (χ1v) is 13.3. The van der Waals surface area contributed by atoms with E-state index in [9.17, 15) is 0 Å². The number of fused-ring (bicyclic) bond motifs is 3. The van der Waals surface area contributed by atoms with Crippen molar-refractivity contribution >= 4 is 0 Å². The number of piperidine rings is 1. The van der Waals surface area contributed by atoms with E-state index in [0.29, 0.717) is 35.4 Å². The van der Waals surface area contributed by atoms with Gasteiger partial charge in [0, 0.05) is 17.9 Å². The fraction of sp³-hybridized carbons (Fsp3) is 0.926. The lowest BCUT2D eigenvalue weighted by Crippen LogP contribution is -2.62. The molecule has 0 aromatic heterocycles. The third-order valence-corrected chi connectivity index (χ3v) is 10.0. The topological polar surface area (TPSA) is 39.7 Å². The van der Waals surface area contributed by atoms with Crippen molar-refractivity contribution in [2.75, 3.05) is 26.3 Å². The molecule has 0 amide bonds. The van der Waals surface area contributed by atoms with Crippen LogP contribution in [0.25, 0.3) is 0 Å². The fourth-order valence-corrected chi connectivity index (χ4v) is 8.18. The number of hydrogen-bond acceptors (Lipinski definition) is 4. The minimum Gasteiger partial charge on any atom is -0.378 e. The van der Waals surface area contributed by atoms with E-state index < -0.39 is 0 Å². The van der Waals surface area contributed by atoms with Crippen LogP contribution >= 0.6 is 0 Å². The van der Waals surface area contributed by atoms with Crippen molar-refractivity contribution in [3.8, 4) is 0 Å². The average molecular weight is 432 g/mol. The fourth-order valence-electron chi connectivity index (χ4n) is 8.18. The maximum atomic E-state index is 6.72. The summed E-state index contributed by atoms with van der Waals surface area (Å²) in [5.41, 5.74) is 1.90. The van der Waals surface area contributed by atoms with Crippen molar-refractivity contribution in [1.82, 2.24) is 5.32 Å². The molecule has 4 nitrogen and oxygen atoms in total. The summed E-state index contributed by atoms with van der Waals surface area (Å²) < 4.78 is 19.5. The van der Waals surface area contributed by atoms with Crippen LogP contribution in [0.4, 0.5) is 0 Å². The molecule has 5 rings (SSSR count). The lowest BCUT2D eigenvalue weighted by atomic mass is 9.46. The molecule has 5 aliphatic rings. The Labute approximate surface area is 189 Å². The van der Waals surface area contributed by atoms with Crippen molar-refractivity contribution in [3.63, 3.8) is 0 Å². The molecule has 6 atom stereocenters. The smallest absolute Gasteiger partial charge is 0.160 e. The molecule has 0 bridgehead atoms. The maximum absolute atomic E-state index is 6.72. The molecule has 3 aliphatic carbocycles. The molecule has 0 spiro atoms. The van der Waals surface area contributed by atoms with Crippen molar-refractivity contribution < 1.29 is 14.2 Å². The van der Waals surface area contributed by atoms with Gasteiger partial charge in [0.05, 0.1) is 18.8 Å². The van der Waals surface area contributed by atoms with Gasteiger partial charge in [-0.05, 0) is 88.1 Å². The van der Waals surface area contributed by atoms with Crippen LogP contribution in [0.15, 0.2) is 12.2 Å². The number of ether oxygens (including phenoxy) is 3. The molecule has 176 valence electrons. The largest absolute Gasteiger partial charge is 0.378 e. The van der Waals surface area contributed by atoms with E-state index in [1.54, 1.807) is 0 Å². The highest BCUT2D eigenvalue weighted by atomic mass is 16.7. The normalized spacial score (nSPS) is 44.8. The standard InChI is InChI=1S/C27H45NO3/c1-19-8-9-23-26(2,22(19)13-17-29-21-11-15-28-16-12-21)14-10-24-27(23,3)18-30-25(31-24)20-6-4-5-7-20/h20-25,28H,1,4-18H2,2-3H3/t22-,23?,24?,25-,26+,27+/m1/s1. The zero-order chi connectivity index (χ0) is 21.5. The third-order valence-electron chi connectivity index (χ3n) is 10.0. The van der Waals surface area contributed by atoms with E-state index in [1.807, 2.05) is 0 Å². The second kappa shape index (κ2) is 9.08. The Bertz CT molecular complexity index is 640. The summed E-state index contributed by atoms with van der Waals surface area (Å²) in [7, 11) is 0. The van der Waals surface area contributed by atoms with Crippen molar-refractivity contribution in [2.24, 2.45) is 28.6 Å². The van der Waals surface area contributed by atoms with Gasteiger partial charge in [0.15, 0.2) is 6.29 Å². The number of nitrogens with one attached hydrogen (secondary N) is 1. The molecule has 0 aromatic carbocycles. The van der Waals surface area contributed by atoms with E-state index in [-0.39, 0.29) is 11.7 Å². The van der Waals surface area contributed by atoms with Crippen LogP contribution in [-0.2, 0) is 14.2 Å². The maximum Gasteiger partial charge on any atom is 0.160 e. The van der Waals surface area contributed by atoms with Crippen molar-refractivity contribution in [3.05, 3.63) is 12.2 Å². The van der Waals surface area contributed by atoms with E-state index in [1.165, 1.54) is 50.5 Å². The summed E-state index contributed by atoms with van der Waals surface area (Å²) in [6, 6.07) is 0. The van der Waals surface area contributed by atoms with Crippen LogP contribution in [0.3, 0.4) is 0 Å². The monoisotopic (exact) mass is 431 g/mol. The van der Waals surface area contributed by atoms with Gasteiger partial charge in [0.1, 0.15) is 0 Å². The highest BCUT2D eigenvalue weighted by molar-refractivity contribution is 5.18. The van der Waals surface area contributed by atoms with Gasteiger partial charge in [-0.25, -0.2) is 0 Å². The molecular formula is C27H45NO3. The predicted octanol–water partition coefficient (Wildman–Crippen LogP) is 5.47. The Kier molecular flexibility index (Phi) is 6.56. The van der Waals surface area contributed by atoms with Gasteiger partial charge in [-0.15, -0.1) is 0 Å². The minimum atomic E-state index is 0.0534. The quantitative estimate of drug-likeness (QED) is 0.586. The van der Waals surface area contributed by atoms with Crippen LogP contribution in [-0.4, -0.2) is 44.8 Å². The molecule has 2 unspecified atom stereocenters. The Morgan fingerprint density at radius 3 is 2.58 bits per heavy atom. The highest BCUT2D eigenvalue weighted by Gasteiger charge is 2.60. The van der Waals surface area contributed by atoms with Gasteiger partial charge in [-0.2, -0.15) is 0 Å². The zero-order valence-corrected chi connectivity index (χ0v) is 20.0. The summed E-state index contributed by atoms with van der Waals surface area (Å²) in [6.07, 6.45) is 14.4. The van der Waals surface area contributed by atoms with Crippen LogP contribution in [0, 0.1) is 28.6 Å². The molecule has 4 heteroatoms. The van der Waals surface area contributed by atoms with Gasteiger partial charge in [-0.3, -0.25) is 0 Å². The van der Waals surface area contributed by atoms with Crippen LogP contribution < -0.4 is 5.32 Å². The van der Waals surface area contributed by atoms with Crippen LogP contribution in [0.5, 0.6) is 0 Å². The van der Waals surface area contributed by atoms with E-state index in [0.717, 1.165) is 52.0 Å². The van der Waals surface area contributed by atoms with Crippen LogP contribution in [0.1, 0.15) is 84.5 Å². The van der Waals surface area contributed by atoms with Gasteiger partial charge < -0.3 is 19.5 Å². The number of hydrogen-bond donors (Lipinski definition) is 1. The molecule has 2 heterocycles. The Morgan fingerprint density at radius 1 is 1.03 bits per heavy atom. The summed E-state index contributed by atoms with van der Waals surface area (Å²) >= 11 is 0. The summed E-state index contributed by atoms with van der Waals surface area (Å²) in [4.78, 5) is 0. The second-order valence-electron chi connectivity index (χ2n) is 11.8. The lowest BCUT2D eigenvalue weighted by molar-refractivity contribution is -0.316. The lowest BCUT2D eigenvalue weighted by Gasteiger charge is -2.63. The highest BCUT2D eigenvalue weighted by Crippen LogP contribution is 2.63. The molecular weight excluding hydrogens is 386 g/mol. The molecule has 5 fully saturated rings. The van der Waals surface area contributed by atoms with Crippen molar-refractivity contribution in [2.45, 2.75) is 103 Å². The van der Waals surface area contributed by atoms with Gasteiger partial charge in [-0.1, -0.05) is 38.8 Å². The molecule has 0 radical (unpaired) electrons. The van der Waals surface area contributed by atoms with Gasteiger partial charge in [0.25, 0.3) is 0 Å². The third kappa shape index (κ3) is 4.16. The van der Waals surface area contributed by atoms with E-state index in [4.69, 9.17) is 14.2 Å². The molecule has 1 N–H and O–H groups in total. The van der Waals surface area contributed by atoms with Gasteiger partial charge in [0.2, 0.25) is 0 Å². The van der Waals surface area contributed by atoms with Crippen molar-refractivity contribution in [1.29, 1.82) is 0 Å². The minimum absolute atomic E-state index is 0.0534. The summed E-state index contributed by atoms with van der Waals surface area (Å²) in [5.74, 6) is 1.85. The molecule has 3 saturated carbocycles. The molecule has 0 aromatic rings. The Morgan fingerprint density at radius 2 is 1.81 bits per heavy atom. The van der Waals surface area contributed by atoms with Gasteiger partial charge >= 0.3 is 0 Å². The molecule has 2 saturated heterocycles. The second-order valence-corrected chi connectivity index (χ2v) is 11.8. The van der Waals surface area contributed by atoms with E-state index >= 15 is 0 Å². The Balaban J connectivity index is 1.25. The summed E-state index contributed by atoms with van der Waals surface area (Å²) in [5, 5.41) is 3.44. The summed E-state index contributed by atoms with van der Waals surface area (Å²) in [6.45, 7) is 13.6. The first-order valence-electron chi connectivity index (χ1n) is 13.3. The SMILES string of the molecule is C=C1CCC2[C@]3(C)CO[C@@H](C4CCCC4)OC3CC[C@@]2(C)[C@@H]1CCOC1CCNCC1. The zero-order valence-electron chi connectivity index (χ0n) is 20.0. The first-order chi connectivity index (χ1) is 15.0. The number of rotatable bonds is 5. The number of allylic oxidation sites excluding steroid dienone is 1. The molecule has 2 aliphatic heterocycles. The average Bonchev–Trinajstić information content (AvgIpc) is 3.31.